The van der Waals surface area contributed by atoms with Crippen LogP contribution in [-0.4, -0.2) is 80.4 Å². The van der Waals surface area contributed by atoms with Gasteiger partial charge in [0.15, 0.2) is 6.04 Å². The molecule has 2 aromatic rings. The second kappa shape index (κ2) is 13.2. The number of aliphatic carboxylic acids is 1. The number of aliphatic hydroxyl groups is 2. The maximum absolute atomic E-state index is 13.0. The Morgan fingerprint density at radius 3 is 2.05 bits per heavy atom. The zero-order valence-corrected chi connectivity index (χ0v) is 21.4. The summed E-state index contributed by atoms with van der Waals surface area (Å²) in [7, 11) is 0. The zero-order chi connectivity index (χ0) is 27.9. The van der Waals surface area contributed by atoms with Crippen LogP contribution in [-0.2, 0) is 25.6 Å². The number of carboxylic acids is 1. The van der Waals surface area contributed by atoms with Crippen molar-refractivity contribution < 1.29 is 34.5 Å². The summed E-state index contributed by atoms with van der Waals surface area (Å²) in [4.78, 5) is 53.0. The van der Waals surface area contributed by atoms with Gasteiger partial charge in [0.05, 0.1) is 18.2 Å². The number of para-hydroxylation sites is 1. The largest absolute Gasteiger partial charge is 0.480 e. The van der Waals surface area contributed by atoms with Crippen molar-refractivity contribution in [3.8, 4) is 0 Å². The van der Waals surface area contributed by atoms with Crippen molar-refractivity contribution in [2.75, 3.05) is 0 Å². The minimum Gasteiger partial charge on any atom is -0.480 e. The van der Waals surface area contributed by atoms with E-state index < -0.39 is 60.1 Å². The Labute approximate surface area is 215 Å². The lowest BCUT2D eigenvalue weighted by atomic mass is 10.0. The summed E-state index contributed by atoms with van der Waals surface area (Å²) in [6.07, 6.45) is -0.623. The van der Waals surface area contributed by atoms with Crippen LogP contribution in [0.3, 0.4) is 0 Å². The number of hydrogen-bond acceptors (Lipinski definition) is 7. The van der Waals surface area contributed by atoms with Gasteiger partial charge in [-0.1, -0.05) is 32.0 Å². The molecule has 2 rings (SSSR count). The molecular weight excluding hydrogens is 482 g/mol. The Bertz CT molecular complexity index is 1100. The number of aromatic amines is 1. The first-order valence-electron chi connectivity index (χ1n) is 12.1. The van der Waals surface area contributed by atoms with Crippen LogP contribution in [0.2, 0.25) is 0 Å². The van der Waals surface area contributed by atoms with Gasteiger partial charge < -0.3 is 42.0 Å². The second-order valence-electron chi connectivity index (χ2n) is 9.65. The van der Waals surface area contributed by atoms with Crippen LogP contribution in [0.25, 0.3) is 10.9 Å². The molecule has 0 aliphatic heterocycles. The third kappa shape index (κ3) is 8.27. The van der Waals surface area contributed by atoms with E-state index >= 15 is 0 Å². The van der Waals surface area contributed by atoms with Crippen molar-refractivity contribution in [3.05, 3.63) is 36.0 Å². The highest BCUT2D eigenvalue weighted by Gasteiger charge is 2.33. The van der Waals surface area contributed by atoms with E-state index in [2.05, 4.69) is 20.9 Å². The summed E-state index contributed by atoms with van der Waals surface area (Å²) in [5.74, 6) is -3.84. The lowest BCUT2D eigenvalue weighted by Crippen LogP contribution is -2.60. The Kier molecular flexibility index (Phi) is 10.6. The summed E-state index contributed by atoms with van der Waals surface area (Å²) in [5.41, 5.74) is 7.80. The minimum absolute atomic E-state index is 0.0740. The van der Waals surface area contributed by atoms with E-state index in [4.69, 9.17) is 5.73 Å². The fraction of sp³-hybridized carbons (Fsp3) is 0.520. The lowest BCUT2D eigenvalue weighted by molar-refractivity contribution is -0.145. The number of carbonyl (C=O) groups is 4. The fourth-order valence-corrected chi connectivity index (χ4v) is 3.90. The van der Waals surface area contributed by atoms with Gasteiger partial charge in [0.25, 0.3) is 0 Å². The molecule has 6 atom stereocenters. The highest BCUT2D eigenvalue weighted by atomic mass is 16.4. The van der Waals surface area contributed by atoms with Crippen molar-refractivity contribution in [2.24, 2.45) is 11.7 Å². The number of hydrogen-bond donors (Lipinski definition) is 8. The van der Waals surface area contributed by atoms with Crippen LogP contribution in [0, 0.1) is 5.92 Å². The summed E-state index contributed by atoms with van der Waals surface area (Å²) in [6, 6.07) is 2.33. The maximum atomic E-state index is 13.0. The van der Waals surface area contributed by atoms with Crippen molar-refractivity contribution in [3.63, 3.8) is 0 Å². The number of H-pyrrole nitrogens is 1. The van der Waals surface area contributed by atoms with Crippen molar-refractivity contribution >= 4 is 34.6 Å². The van der Waals surface area contributed by atoms with E-state index in [1.54, 1.807) is 20.0 Å². The standard InChI is InChI=1S/C25H37N5O7/c1-12(2)9-19(23(34)30-21(14(4)32)25(36)37)28-24(35)20(13(3)31)29-22(33)17(26)10-15-11-27-18-8-6-5-7-16(15)18/h5-8,11-14,17,19-21,27,31-32H,9-10,26H2,1-4H3,(H,28,35)(H,29,33)(H,30,34)(H,36,37). The molecule has 0 spiro atoms. The fourth-order valence-electron chi connectivity index (χ4n) is 3.90. The Hall–Kier alpha value is -3.48. The molecule has 204 valence electrons. The highest BCUT2D eigenvalue weighted by molar-refractivity contribution is 5.94. The number of carboxylic acid groups (broad SMARTS) is 1. The van der Waals surface area contributed by atoms with Gasteiger partial charge in [0.2, 0.25) is 17.7 Å². The molecule has 0 bridgehead atoms. The van der Waals surface area contributed by atoms with Crippen LogP contribution < -0.4 is 21.7 Å². The Balaban J connectivity index is 2.11. The molecular formula is C25H37N5O7. The van der Waals surface area contributed by atoms with Gasteiger partial charge in [-0.2, -0.15) is 0 Å². The lowest BCUT2D eigenvalue weighted by Gasteiger charge is -2.27. The predicted octanol–water partition coefficient (Wildman–Crippen LogP) is -0.616. The molecule has 1 aromatic heterocycles. The predicted molar refractivity (Wildman–Crippen MR) is 136 cm³/mol. The maximum Gasteiger partial charge on any atom is 0.328 e. The summed E-state index contributed by atoms with van der Waals surface area (Å²) in [6.45, 7) is 6.12. The SMILES string of the molecule is CC(C)CC(NC(=O)C(NC(=O)C(N)Cc1c[nH]c2ccccc12)C(C)O)C(=O)NC(C(=O)O)C(C)O. The number of fused-ring (bicyclic) bond motifs is 1. The van der Waals surface area contributed by atoms with E-state index in [0.717, 1.165) is 16.5 Å². The van der Waals surface area contributed by atoms with Crippen LogP contribution in [0.4, 0.5) is 0 Å². The van der Waals surface area contributed by atoms with Gasteiger partial charge in [-0.05, 0) is 44.2 Å². The Morgan fingerprint density at radius 1 is 0.892 bits per heavy atom. The van der Waals surface area contributed by atoms with Gasteiger partial charge in [0, 0.05) is 17.1 Å². The quantitative estimate of drug-likeness (QED) is 0.171. The van der Waals surface area contributed by atoms with Crippen LogP contribution >= 0.6 is 0 Å². The zero-order valence-electron chi connectivity index (χ0n) is 21.4. The third-order valence-electron chi connectivity index (χ3n) is 5.90. The molecule has 0 radical (unpaired) electrons. The number of rotatable bonds is 13. The number of amides is 3. The monoisotopic (exact) mass is 519 g/mol. The molecule has 37 heavy (non-hydrogen) atoms. The summed E-state index contributed by atoms with van der Waals surface area (Å²) < 4.78 is 0. The molecule has 1 heterocycles. The van der Waals surface area contributed by atoms with Gasteiger partial charge in [-0.3, -0.25) is 14.4 Å². The first-order chi connectivity index (χ1) is 17.3. The molecule has 12 heteroatoms. The molecule has 0 aliphatic rings. The molecule has 0 saturated heterocycles. The molecule has 1 aromatic carbocycles. The summed E-state index contributed by atoms with van der Waals surface area (Å²) >= 11 is 0. The smallest absolute Gasteiger partial charge is 0.328 e. The number of nitrogens with one attached hydrogen (secondary N) is 4. The molecule has 9 N–H and O–H groups in total. The van der Waals surface area contributed by atoms with Gasteiger partial charge >= 0.3 is 5.97 Å². The van der Waals surface area contributed by atoms with Gasteiger partial charge in [-0.15, -0.1) is 0 Å². The first kappa shape index (κ1) is 29.7. The van der Waals surface area contributed by atoms with Crippen LogP contribution in [0.15, 0.2) is 30.5 Å². The highest BCUT2D eigenvalue weighted by Crippen LogP contribution is 2.19. The second-order valence-corrected chi connectivity index (χ2v) is 9.65. The van der Waals surface area contributed by atoms with Gasteiger partial charge in [-0.25, -0.2) is 4.79 Å². The molecule has 0 aliphatic carbocycles. The van der Waals surface area contributed by atoms with Gasteiger partial charge in [0.1, 0.15) is 12.1 Å². The molecule has 0 fully saturated rings. The third-order valence-corrected chi connectivity index (χ3v) is 5.90. The average Bonchev–Trinajstić information content (AvgIpc) is 3.21. The normalized spacial score (nSPS) is 16.3. The number of benzene rings is 1. The molecule has 0 saturated carbocycles. The van der Waals surface area contributed by atoms with E-state index in [1.807, 2.05) is 24.3 Å². The van der Waals surface area contributed by atoms with E-state index in [1.165, 1.54) is 13.8 Å². The van der Waals surface area contributed by atoms with Crippen molar-refractivity contribution in [2.45, 2.75) is 76.9 Å². The topological polar surface area (TPSA) is 207 Å². The number of aromatic nitrogens is 1. The van der Waals surface area contributed by atoms with E-state index in [0.29, 0.717) is 0 Å². The van der Waals surface area contributed by atoms with Crippen molar-refractivity contribution in [1.82, 2.24) is 20.9 Å². The molecule has 12 nitrogen and oxygen atoms in total. The number of aliphatic hydroxyl groups excluding tert-OH is 2. The van der Waals surface area contributed by atoms with Crippen LogP contribution in [0.5, 0.6) is 0 Å². The molecule has 3 amide bonds. The van der Waals surface area contributed by atoms with Crippen molar-refractivity contribution in [1.29, 1.82) is 0 Å². The van der Waals surface area contributed by atoms with E-state index in [9.17, 15) is 34.5 Å². The minimum atomic E-state index is -1.58. The Morgan fingerprint density at radius 2 is 1.49 bits per heavy atom. The number of nitrogens with two attached hydrogens (primary N) is 1. The first-order valence-corrected chi connectivity index (χ1v) is 12.1. The average molecular weight is 520 g/mol. The number of carbonyl (C=O) groups excluding carboxylic acids is 3. The van der Waals surface area contributed by atoms with Crippen LogP contribution in [0.1, 0.15) is 39.7 Å². The summed E-state index contributed by atoms with van der Waals surface area (Å²) in [5, 5.41) is 37.2. The van der Waals surface area contributed by atoms with E-state index in [-0.39, 0.29) is 18.8 Å². The molecule has 6 unspecified atom stereocenters.